The third kappa shape index (κ3) is 5.00. The molecule has 0 radical (unpaired) electrons. The lowest BCUT2D eigenvalue weighted by Gasteiger charge is -2.33. The Balaban J connectivity index is 1.17. The summed E-state index contributed by atoms with van der Waals surface area (Å²) in [6.07, 6.45) is 5.11. The van der Waals surface area contributed by atoms with Gasteiger partial charge in [-0.2, -0.15) is 0 Å². The molecule has 3 unspecified atom stereocenters. The molecule has 2 bridgehead atoms. The first-order valence-corrected chi connectivity index (χ1v) is 12.9. The van der Waals surface area contributed by atoms with E-state index in [1.165, 1.54) is 12.8 Å². The number of aromatic nitrogens is 2. The van der Waals surface area contributed by atoms with Crippen molar-refractivity contribution in [3.05, 3.63) is 42.2 Å². The Morgan fingerprint density at radius 3 is 2.71 bits per heavy atom. The van der Waals surface area contributed by atoms with Crippen LogP contribution in [0.2, 0.25) is 0 Å². The highest BCUT2D eigenvalue weighted by atomic mass is 16.5. The minimum atomic E-state index is -0.120. The normalized spacial score (nSPS) is 27.5. The van der Waals surface area contributed by atoms with Gasteiger partial charge in [-0.05, 0) is 60.3 Å². The highest BCUT2D eigenvalue weighted by Gasteiger charge is 2.60. The van der Waals surface area contributed by atoms with Gasteiger partial charge in [0.1, 0.15) is 5.69 Å². The lowest BCUT2D eigenvalue weighted by Crippen LogP contribution is -2.40. The second-order valence-corrected chi connectivity index (χ2v) is 11.1. The van der Waals surface area contributed by atoms with Gasteiger partial charge in [-0.1, -0.05) is 26.8 Å². The van der Waals surface area contributed by atoms with Crippen molar-refractivity contribution in [2.75, 3.05) is 50.0 Å². The maximum Gasteiger partial charge on any atom is 0.270 e. The van der Waals surface area contributed by atoms with Crippen molar-refractivity contribution in [1.82, 2.24) is 20.2 Å². The molecule has 3 atom stereocenters. The van der Waals surface area contributed by atoms with E-state index in [4.69, 9.17) is 4.74 Å². The number of carbonyl (C=O) groups is 1. The third-order valence-corrected chi connectivity index (χ3v) is 8.83. The maximum atomic E-state index is 13.0. The van der Waals surface area contributed by atoms with Crippen molar-refractivity contribution < 1.29 is 9.53 Å². The number of hydrogen-bond donors (Lipinski definition) is 3. The van der Waals surface area contributed by atoms with Gasteiger partial charge in [-0.25, -0.2) is 9.97 Å². The molecule has 188 valence electrons. The van der Waals surface area contributed by atoms with Gasteiger partial charge >= 0.3 is 0 Å². The van der Waals surface area contributed by atoms with Crippen LogP contribution >= 0.6 is 0 Å². The summed E-state index contributed by atoms with van der Waals surface area (Å²) in [5.41, 5.74) is 2.86. The summed E-state index contributed by atoms with van der Waals surface area (Å²) in [6.45, 7) is 12.5. The van der Waals surface area contributed by atoms with Crippen LogP contribution in [0.5, 0.6) is 0 Å². The molecule has 2 heterocycles. The van der Waals surface area contributed by atoms with Crippen molar-refractivity contribution >= 4 is 23.2 Å². The molecule has 2 aromatic rings. The van der Waals surface area contributed by atoms with Gasteiger partial charge in [0.15, 0.2) is 0 Å². The van der Waals surface area contributed by atoms with E-state index in [9.17, 15) is 4.79 Å². The summed E-state index contributed by atoms with van der Waals surface area (Å²) in [5, 5.41) is 10.0. The quantitative estimate of drug-likeness (QED) is 0.530. The highest BCUT2D eigenvalue weighted by Crippen LogP contribution is 2.65. The number of carbonyl (C=O) groups excluding carboxylic acids is 1. The van der Waals surface area contributed by atoms with E-state index < -0.39 is 0 Å². The Morgan fingerprint density at radius 2 is 1.97 bits per heavy atom. The molecule has 8 nitrogen and oxygen atoms in total. The van der Waals surface area contributed by atoms with Crippen molar-refractivity contribution in [2.24, 2.45) is 16.7 Å². The highest BCUT2D eigenvalue weighted by molar-refractivity contribution is 5.92. The summed E-state index contributed by atoms with van der Waals surface area (Å²) in [5.74, 6) is 0.823. The zero-order chi connectivity index (χ0) is 24.5. The second-order valence-electron chi connectivity index (χ2n) is 11.1. The second kappa shape index (κ2) is 9.74. The Labute approximate surface area is 208 Å². The molecule has 3 fully saturated rings. The standard InChI is InChI=1S/C27H38N6O2/c1-26(2)21-7-9-27(26,3)18-23(21)31-24(34)22-8-10-29-25(32-22)30-20-6-4-5-19(17-20)28-11-12-33-13-15-35-16-14-33/h4-6,8,10,17,21,23,28H,7,9,11-16,18H2,1-3H3,(H,31,34)(H,29,30,32). The van der Waals surface area contributed by atoms with E-state index in [0.717, 1.165) is 57.2 Å². The van der Waals surface area contributed by atoms with E-state index >= 15 is 0 Å². The fourth-order valence-electron chi connectivity index (χ4n) is 6.26. The largest absolute Gasteiger partial charge is 0.384 e. The molecule has 1 saturated heterocycles. The van der Waals surface area contributed by atoms with Gasteiger partial charge in [0.05, 0.1) is 13.2 Å². The molecule has 8 heteroatoms. The molecule has 3 N–H and O–H groups in total. The molecule has 2 aliphatic carbocycles. The van der Waals surface area contributed by atoms with Gasteiger partial charge < -0.3 is 20.7 Å². The minimum Gasteiger partial charge on any atom is -0.384 e. The Bertz CT molecular complexity index is 1050. The van der Waals surface area contributed by atoms with Crippen molar-refractivity contribution in [3.8, 4) is 0 Å². The number of nitrogens with zero attached hydrogens (tertiary/aromatic N) is 3. The fraction of sp³-hybridized carbons (Fsp3) is 0.593. The van der Waals surface area contributed by atoms with Crippen LogP contribution in [0.3, 0.4) is 0 Å². The van der Waals surface area contributed by atoms with Gasteiger partial charge in [0, 0.05) is 49.8 Å². The predicted octanol–water partition coefficient (Wildman–Crippen LogP) is 3.91. The summed E-state index contributed by atoms with van der Waals surface area (Å²) >= 11 is 0. The average Bonchev–Trinajstić information content (AvgIpc) is 3.18. The Morgan fingerprint density at radius 1 is 1.17 bits per heavy atom. The first kappa shape index (κ1) is 24.0. The van der Waals surface area contributed by atoms with E-state index in [0.29, 0.717) is 23.0 Å². The first-order chi connectivity index (χ1) is 16.8. The number of anilines is 3. The molecule has 1 amide bonds. The van der Waals surface area contributed by atoms with Crippen LogP contribution in [0.25, 0.3) is 0 Å². The molecule has 2 saturated carbocycles. The van der Waals surface area contributed by atoms with Crippen LogP contribution in [-0.2, 0) is 4.74 Å². The van der Waals surface area contributed by atoms with Crippen LogP contribution in [0.4, 0.5) is 17.3 Å². The molecule has 1 aromatic heterocycles. The Hall–Kier alpha value is -2.71. The fourth-order valence-corrected chi connectivity index (χ4v) is 6.26. The average molecular weight is 479 g/mol. The number of rotatable bonds is 8. The molecule has 3 aliphatic rings. The lowest BCUT2D eigenvalue weighted by molar-refractivity contribution is 0.0398. The maximum absolute atomic E-state index is 13.0. The molecular weight excluding hydrogens is 440 g/mol. The van der Waals surface area contributed by atoms with Crippen LogP contribution in [-0.4, -0.2) is 66.2 Å². The van der Waals surface area contributed by atoms with Gasteiger partial charge in [0.2, 0.25) is 5.95 Å². The number of ether oxygens (including phenoxy) is 1. The predicted molar refractivity (Wildman–Crippen MR) is 138 cm³/mol. The van der Waals surface area contributed by atoms with Crippen molar-refractivity contribution in [1.29, 1.82) is 0 Å². The van der Waals surface area contributed by atoms with Crippen molar-refractivity contribution in [2.45, 2.75) is 46.1 Å². The van der Waals surface area contributed by atoms with E-state index in [-0.39, 0.29) is 17.4 Å². The summed E-state index contributed by atoms with van der Waals surface area (Å²) in [4.78, 5) is 24.3. The molecule has 5 rings (SSSR count). The lowest BCUT2D eigenvalue weighted by atomic mass is 9.71. The van der Waals surface area contributed by atoms with E-state index in [1.807, 2.05) is 24.3 Å². The van der Waals surface area contributed by atoms with Crippen molar-refractivity contribution in [3.63, 3.8) is 0 Å². The van der Waals surface area contributed by atoms with E-state index in [1.54, 1.807) is 12.3 Å². The van der Waals surface area contributed by atoms with Crippen LogP contribution in [0, 0.1) is 16.7 Å². The summed E-state index contributed by atoms with van der Waals surface area (Å²) in [6, 6.07) is 9.95. The van der Waals surface area contributed by atoms with Gasteiger partial charge in [0.25, 0.3) is 5.91 Å². The zero-order valence-corrected chi connectivity index (χ0v) is 21.1. The summed E-state index contributed by atoms with van der Waals surface area (Å²) < 4.78 is 5.41. The SMILES string of the molecule is CC12CCC(C(NC(=O)c3ccnc(Nc4cccc(NCCN5CCOCC5)c4)n3)C1)C2(C)C. The summed E-state index contributed by atoms with van der Waals surface area (Å²) in [7, 11) is 0. The topological polar surface area (TPSA) is 91.4 Å². The zero-order valence-electron chi connectivity index (χ0n) is 21.1. The smallest absolute Gasteiger partial charge is 0.270 e. The monoisotopic (exact) mass is 478 g/mol. The molecular formula is C27H38N6O2. The number of hydrogen-bond acceptors (Lipinski definition) is 7. The third-order valence-electron chi connectivity index (χ3n) is 8.83. The first-order valence-electron chi connectivity index (χ1n) is 12.9. The number of benzene rings is 1. The Kier molecular flexibility index (Phi) is 6.68. The molecule has 35 heavy (non-hydrogen) atoms. The van der Waals surface area contributed by atoms with Crippen LogP contribution < -0.4 is 16.0 Å². The van der Waals surface area contributed by atoms with Crippen LogP contribution in [0.15, 0.2) is 36.5 Å². The van der Waals surface area contributed by atoms with E-state index in [2.05, 4.69) is 51.6 Å². The molecule has 0 spiro atoms. The molecule has 1 aliphatic heterocycles. The van der Waals surface area contributed by atoms with Gasteiger partial charge in [-0.15, -0.1) is 0 Å². The van der Waals surface area contributed by atoms with Crippen LogP contribution in [0.1, 0.15) is 50.5 Å². The molecule has 1 aromatic carbocycles. The number of morpholine rings is 1. The van der Waals surface area contributed by atoms with Gasteiger partial charge in [-0.3, -0.25) is 9.69 Å². The minimum absolute atomic E-state index is 0.120. The number of amides is 1. The number of nitrogens with one attached hydrogen (secondary N) is 3. The number of fused-ring (bicyclic) bond motifs is 2.